The van der Waals surface area contributed by atoms with E-state index in [-0.39, 0.29) is 5.91 Å². The summed E-state index contributed by atoms with van der Waals surface area (Å²) in [6.07, 6.45) is 9.51. The largest absolute Gasteiger partial charge is 0.360 e. The number of nitrogens with one attached hydrogen (secondary N) is 1. The van der Waals surface area contributed by atoms with Crippen LogP contribution in [-0.2, 0) is 0 Å². The summed E-state index contributed by atoms with van der Waals surface area (Å²) in [5.74, 6) is 1.91. The highest BCUT2D eigenvalue weighted by atomic mass is 16.5. The average Bonchev–Trinajstić information content (AvgIpc) is 3.28. The summed E-state index contributed by atoms with van der Waals surface area (Å²) in [5.41, 5.74) is 1.71. The lowest BCUT2D eigenvalue weighted by molar-refractivity contribution is 0.0945. The van der Waals surface area contributed by atoms with Gasteiger partial charge in [-0.15, -0.1) is 0 Å². The predicted molar refractivity (Wildman–Crippen MR) is 90.4 cm³/mol. The molecule has 5 nitrogen and oxygen atoms in total. The van der Waals surface area contributed by atoms with Crippen molar-refractivity contribution in [3.8, 4) is 11.4 Å². The Morgan fingerprint density at radius 3 is 2.83 bits per heavy atom. The number of aromatic nitrogens is 2. The molecule has 24 heavy (non-hydrogen) atoms. The van der Waals surface area contributed by atoms with Gasteiger partial charge in [0, 0.05) is 12.2 Å². The van der Waals surface area contributed by atoms with Crippen LogP contribution in [0, 0.1) is 18.8 Å². The van der Waals surface area contributed by atoms with E-state index in [2.05, 4.69) is 15.5 Å². The SMILES string of the molecule is Cc1onc(-c2ccccn2)c1C(=O)N[C@@H]1C[C@H]1C1CCCCC1. The van der Waals surface area contributed by atoms with Crippen molar-refractivity contribution in [3.63, 3.8) is 0 Å². The number of hydrogen-bond acceptors (Lipinski definition) is 4. The van der Waals surface area contributed by atoms with Crippen LogP contribution in [0.25, 0.3) is 11.4 Å². The first-order chi connectivity index (χ1) is 11.7. The van der Waals surface area contributed by atoms with E-state index >= 15 is 0 Å². The second-order valence-electron chi connectivity index (χ2n) is 7.05. The van der Waals surface area contributed by atoms with Gasteiger partial charge in [0.1, 0.15) is 17.0 Å². The van der Waals surface area contributed by atoms with Gasteiger partial charge in [0.25, 0.3) is 5.91 Å². The molecule has 1 N–H and O–H groups in total. The van der Waals surface area contributed by atoms with Crippen LogP contribution in [0.2, 0.25) is 0 Å². The van der Waals surface area contributed by atoms with Gasteiger partial charge in [-0.25, -0.2) is 0 Å². The molecule has 2 aromatic rings. The topological polar surface area (TPSA) is 68.0 Å². The molecule has 2 heterocycles. The Bertz CT molecular complexity index is 719. The zero-order chi connectivity index (χ0) is 16.5. The maximum atomic E-state index is 12.8. The Kier molecular flexibility index (Phi) is 4.08. The van der Waals surface area contributed by atoms with Crippen molar-refractivity contribution >= 4 is 5.91 Å². The van der Waals surface area contributed by atoms with Gasteiger partial charge in [-0.3, -0.25) is 9.78 Å². The maximum Gasteiger partial charge on any atom is 0.257 e. The minimum Gasteiger partial charge on any atom is -0.360 e. The van der Waals surface area contributed by atoms with Crippen LogP contribution in [0.4, 0.5) is 0 Å². The maximum absolute atomic E-state index is 12.8. The number of nitrogens with zero attached hydrogens (tertiary/aromatic N) is 2. The molecule has 2 aliphatic carbocycles. The number of pyridine rings is 1. The molecule has 1 amide bonds. The first kappa shape index (κ1) is 15.4. The molecule has 0 bridgehead atoms. The van der Waals surface area contributed by atoms with Gasteiger partial charge >= 0.3 is 0 Å². The number of hydrogen-bond donors (Lipinski definition) is 1. The zero-order valence-corrected chi connectivity index (χ0v) is 14.0. The molecule has 2 aliphatic rings. The lowest BCUT2D eigenvalue weighted by Crippen LogP contribution is -2.29. The van der Waals surface area contributed by atoms with Gasteiger partial charge in [0.05, 0.1) is 5.69 Å². The Labute approximate surface area is 141 Å². The van der Waals surface area contributed by atoms with Crippen molar-refractivity contribution in [2.45, 2.75) is 51.5 Å². The minimum absolute atomic E-state index is 0.0855. The van der Waals surface area contributed by atoms with Crippen molar-refractivity contribution in [1.29, 1.82) is 0 Å². The molecule has 2 aromatic heterocycles. The summed E-state index contributed by atoms with van der Waals surface area (Å²) in [5, 5.41) is 7.23. The summed E-state index contributed by atoms with van der Waals surface area (Å²) in [4.78, 5) is 17.0. The van der Waals surface area contributed by atoms with Gasteiger partial charge in [-0.1, -0.05) is 43.3 Å². The van der Waals surface area contributed by atoms with Crippen molar-refractivity contribution in [2.24, 2.45) is 11.8 Å². The molecule has 0 unspecified atom stereocenters. The molecule has 0 radical (unpaired) electrons. The number of amides is 1. The fourth-order valence-corrected chi connectivity index (χ4v) is 4.02. The smallest absolute Gasteiger partial charge is 0.257 e. The highest BCUT2D eigenvalue weighted by Crippen LogP contribution is 2.44. The van der Waals surface area contributed by atoms with Gasteiger partial charge < -0.3 is 9.84 Å². The van der Waals surface area contributed by atoms with E-state index in [1.54, 1.807) is 13.1 Å². The Balaban J connectivity index is 1.47. The van der Waals surface area contributed by atoms with Crippen LogP contribution in [-0.4, -0.2) is 22.1 Å². The molecule has 5 heteroatoms. The third-order valence-electron chi connectivity index (χ3n) is 5.41. The standard InChI is InChI=1S/C19H23N3O2/c1-12-17(18(22-24-12)15-9-5-6-10-20-15)19(23)21-16-11-14(16)13-7-3-2-4-8-13/h5-6,9-10,13-14,16H,2-4,7-8,11H2,1H3,(H,21,23)/t14-,16+/m0/s1. The van der Waals surface area contributed by atoms with Crippen LogP contribution in [0.15, 0.2) is 28.9 Å². The van der Waals surface area contributed by atoms with Crippen LogP contribution >= 0.6 is 0 Å². The Hall–Kier alpha value is -2.17. The normalized spacial score (nSPS) is 23.9. The molecular formula is C19H23N3O2. The summed E-state index contributed by atoms with van der Waals surface area (Å²) in [6.45, 7) is 1.78. The quantitative estimate of drug-likeness (QED) is 0.929. The van der Waals surface area contributed by atoms with Crippen LogP contribution < -0.4 is 5.32 Å². The molecule has 4 rings (SSSR count). The van der Waals surface area contributed by atoms with Crippen LogP contribution in [0.3, 0.4) is 0 Å². The number of carbonyl (C=O) groups excluding carboxylic acids is 1. The second-order valence-corrected chi connectivity index (χ2v) is 7.05. The number of rotatable bonds is 4. The summed E-state index contributed by atoms with van der Waals surface area (Å²) in [6, 6.07) is 5.88. The second kappa shape index (κ2) is 6.38. The molecule has 2 fully saturated rings. The lowest BCUT2D eigenvalue weighted by Gasteiger charge is -2.21. The van der Waals surface area contributed by atoms with E-state index in [1.165, 1.54) is 32.1 Å². The summed E-state index contributed by atoms with van der Waals surface area (Å²) < 4.78 is 5.27. The van der Waals surface area contributed by atoms with Crippen LogP contribution in [0.1, 0.15) is 54.6 Å². The van der Waals surface area contributed by atoms with Gasteiger partial charge in [-0.05, 0) is 37.3 Å². The summed E-state index contributed by atoms with van der Waals surface area (Å²) in [7, 11) is 0. The van der Waals surface area contributed by atoms with Gasteiger partial charge in [0.15, 0.2) is 0 Å². The van der Waals surface area contributed by atoms with E-state index in [1.807, 2.05) is 18.2 Å². The Morgan fingerprint density at radius 1 is 1.25 bits per heavy atom. The molecule has 0 saturated heterocycles. The molecular weight excluding hydrogens is 302 g/mol. The minimum atomic E-state index is -0.0855. The number of aryl methyl sites for hydroxylation is 1. The van der Waals surface area contributed by atoms with Crippen molar-refractivity contribution < 1.29 is 9.32 Å². The summed E-state index contributed by atoms with van der Waals surface area (Å²) >= 11 is 0. The highest BCUT2D eigenvalue weighted by Gasteiger charge is 2.44. The Morgan fingerprint density at radius 2 is 2.08 bits per heavy atom. The van der Waals surface area contributed by atoms with E-state index in [9.17, 15) is 4.79 Å². The lowest BCUT2D eigenvalue weighted by atomic mass is 9.85. The number of carbonyl (C=O) groups is 1. The van der Waals surface area contributed by atoms with Crippen molar-refractivity contribution in [1.82, 2.24) is 15.5 Å². The highest BCUT2D eigenvalue weighted by molar-refractivity contribution is 6.00. The van der Waals surface area contributed by atoms with E-state index in [0.717, 1.165) is 12.3 Å². The molecule has 0 spiro atoms. The third-order valence-corrected chi connectivity index (χ3v) is 5.41. The van der Waals surface area contributed by atoms with E-state index in [0.29, 0.717) is 34.7 Å². The van der Waals surface area contributed by atoms with Gasteiger partial charge in [0.2, 0.25) is 0 Å². The fourth-order valence-electron chi connectivity index (χ4n) is 4.02. The molecule has 126 valence electrons. The first-order valence-corrected chi connectivity index (χ1v) is 8.92. The van der Waals surface area contributed by atoms with E-state index < -0.39 is 0 Å². The monoisotopic (exact) mass is 325 g/mol. The molecule has 2 saturated carbocycles. The van der Waals surface area contributed by atoms with Crippen molar-refractivity contribution in [3.05, 3.63) is 35.7 Å². The van der Waals surface area contributed by atoms with Crippen LogP contribution in [0.5, 0.6) is 0 Å². The predicted octanol–water partition coefficient (Wildman–Crippen LogP) is 3.74. The fraction of sp³-hybridized carbons (Fsp3) is 0.526. The first-order valence-electron chi connectivity index (χ1n) is 8.92. The zero-order valence-electron chi connectivity index (χ0n) is 14.0. The molecule has 2 atom stereocenters. The molecule has 0 aliphatic heterocycles. The van der Waals surface area contributed by atoms with Crippen molar-refractivity contribution in [2.75, 3.05) is 0 Å². The molecule has 0 aromatic carbocycles. The van der Waals surface area contributed by atoms with Gasteiger partial charge in [-0.2, -0.15) is 0 Å². The third kappa shape index (κ3) is 2.95. The average molecular weight is 325 g/mol. The van der Waals surface area contributed by atoms with E-state index in [4.69, 9.17) is 4.52 Å².